The summed E-state index contributed by atoms with van der Waals surface area (Å²) >= 11 is 0. The summed E-state index contributed by atoms with van der Waals surface area (Å²) in [5.41, 5.74) is 4.92. The van der Waals surface area contributed by atoms with Crippen LogP contribution in [0.1, 0.15) is 5.56 Å². The highest BCUT2D eigenvalue weighted by Gasteiger charge is 2.19. The molecule has 1 aromatic carbocycles. The van der Waals surface area contributed by atoms with Crippen LogP contribution in [0.5, 0.6) is 5.88 Å². The summed E-state index contributed by atoms with van der Waals surface area (Å²) in [6.45, 7) is 1.35. The summed E-state index contributed by atoms with van der Waals surface area (Å²) in [6.07, 6.45) is -1.63. The lowest BCUT2D eigenvalue weighted by atomic mass is 10.2. The van der Waals surface area contributed by atoms with Crippen molar-refractivity contribution >= 4 is 22.0 Å². The predicted molar refractivity (Wildman–Crippen MR) is 74.0 cm³/mol. The van der Waals surface area contributed by atoms with Crippen LogP contribution in [-0.2, 0) is 10.1 Å². The van der Waals surface area contributed by atoms with Crippen LogP contribution in [-0.4, -0.2) is 34.0 Å². The van der Waals surface area contributed by atoms with E-state index in [0.29, 0.717) is 0 Å². The Balaban J connectivity index is 2.68. The molecule has 0 aliphatic carbocycles. The van der Waals surface area contributed by atoms with Crippen molar-refractivity contribution in [2.75, 3.05) is 5.73 Å². The fourth-order valence-corrected chi connectivity index (χ4v) is 2.67. The van der Waals surface area contributed by atoms with Crippen molar-refractivity contribution in [1.82, 2.24) is 9.78 Å². The second-order valence-corrected chi connectivity index (χ2v) is 5.69. The molecule has 0 atom stereocenters. The summed E-state index contributed by atoms with van der Waals surface area (Å²) in [4.78, 5) is 21.8. The van der Waals surface area contributed by atoms with Gasteiger partial charge in [0.1, 0.15) is 4.90 Å². The number of anilines is 1. The third-order valence-electron chi connectivity index (χ3n) is 2.77. The standard InChI is InChI=1S/C11H11N3O7S/c1-5-7(2-6(12)3-8(5)22(18,19)20)14-10(15)4-9(13-14)21-11(16)17/h2-4,13H,12H2,1H3,(H,16,17)(H,18,19,20). The second kappa shape index (κ2) is 5.20. The van der Waals surface area contributed by atoms with E-state index in [2.05, 4.69) is 9.84 Å². The van der Waals surface area contributed by atoms with E-state index >= 15 is 0 Å². The number of nitrogens with one attached hydrogen (secondary N) is 1. The monoisotopic (exact) mass is 329 g/mol. The number of ether oxygens (including phenoxy) is 1. The van der Waals surface area contributed by atoms with Crippen LogP contribution >= 0.6 is 0 Å². The molecule has 0 radical (unpaired) electrons. The number of carbonyl (C=O) groups is 1. The number of rotatable bonds is 3. The van der Waals surface area contributed by atoms with Crippen molar-refractivity contribution in [3.63, 3.8) is 0 Å². The average Bonchev–Trinajstić information content (AvgIpc) is 2.70. The van der Waals surface area contributed by atoms with Crippen LogP contribution in [0.4, 0.5) is 10.5 Å². The Morgan fingerprint density at radius 1 is 1.36 bits per heavy atom. The number of aromatic amines is 1. The van der Waals surface area contributed by atoms with Gasteiger partial charge < -0.3 is 15.6 Å². The van der Waals surface area contributed by atoms with E-state index in [1.165, 1.54) is 13.0 Å². The zero-order valence-corrected chi connectivity index (χ0v) is 11.9. The van der Waals surface area contributed by atoms with Gasteiger partial charge in [-0.2, -0.15) is 8.42 Å². The SMILES string of the molecule is Cc1c(-n2[nH]c(OC(=O)O)cc2=O)cc(N)cc1S(=O)(=O)O. The molecule has 1 heterocycles. The van der Waals surface area contributed by atoms with Crippen LogP contribution in [0.25, 0.3) is 5.69 Å². The van der Waals surface area contributed by atoms with Crippen LogP contribution < -0.4 is 16.0 Å². The fourth-order valence-electron chi connectivity index (χ4n) is 1.89. The minimum Gasteiger partial charge on any atom is -0.449 e. The topological polar surface area (TPSA) is 165 Å². The van der Waals surface area contributed by atoms with E-state index in [1.807, 2.05) is 0 Å². The molecule has 0 amide bonds. The fraction of sp³-hybridized carbons (Fsp3) is 0.0909. The van der Waals surface area contributed by atoms with Crippen molar-refractivity contribution in [2.45, 2.75) is 11.8 Å². The van der Waals surface area contributed by atoms with E-state index in [-0.39, 0.29) is 22.8 Å². The van der Waals surface area contributed by atoms with Gasteiger partial charge in [0.05, 0.1) is 11.8 Å². The summed E-state index contributed by atoms with van der Waals surface area (Å²) in [6, 6.07) is 3.19. The number of carboxylic acid groups (broad SMARTS) is 1. The van der Waals surface area contributed by atoms with Crippen LogP contribution in [0.2, 0.25) is 0 Å². The lowest BCUT2D eigenvalue weighted by molar-refractivity contribution is 0.142. The van der Waals surface area contributed by atoms with Gasteiger partial charge in [-0.3, -0.25) is 14.4 Å². The first kappa shape index (κ1) is 15.6. The molecule has 11 heteroatoms. The average molecular weight is 329 g/mol. The van der Waals surface area contributed by atoms with Gasteiger partial charge in [0.2, 0.25) is 5.88 Å². The third kappa shape index (κ3) is 2.94. The quantitative estimate of drug-likeness (QED) is 0.356. The molecule has 2 aromatic rings. The number of nitrogen functional groups attached to an aromatic ring is 1. The summed E-state index contributed by atoms with van der Waals surface area (Å²) in [7, 11) is -4.55. The molecule has 2 rings (SSSR count). The van der Waals surface area contributed by atoms with Crippen molar-refractivity contribution in [3.05, 3.63) is 34.1 Å². The molecular weight excluding hydrogens is 318 g/mol. The number of H-pyrrole nitrogens is 1. The number of nitrogens with zero attached hydrogens (tertiary/aromatic N) is 1. The highest BCUT2D eigenvalue weighted by molar-refractivity contribution is 7.85. The van der Waals surface area contributed by atoms with Crippen molar-refractivity contribution in [3.8, 4) is 11.6 Å². The predicted octanol–water partition coefficient (Wildman–Crippen LogP) is 0.360. The molecule has 0 aliphatic heterocycles. The smallest absolute Gasteiger partial charge is 0.449 e. The molecule has 10 nitrogen and oxygen atoms in total. The lowest BCUT2D eigenvalue weighted by Gasteiger charge is -2.11. The Morgan fingerprint density at radius 3 is 2.55 bits per heavy atom. The van der Waals surface area contributed by atoms with E-state index < -0.39 is 26.7 Å². The molecule has 0 aliphatic rings. The number of benzene rings is 1. The van der Waals surface area contributed by atoms with Crippen molar-refractivity contribution < 1.29 is 27.6 Å². The Hall–Kier alpha value is -2.79. The summed E-state index contributed by atoms with van der Waals surface area (Å²) < 4.78 is 37.0. The number of nitrogens with two attached hydrogens (primary N) is 1. The van der Waals surface area contributed by atoms with Crippen LogP contribution in [0, 0.1) is 6.92 Å². The Morgan fingerprint density at radius 2 is 2.00 bits per heavy atom. The largest absolute Gasteiger partial charge is 0.512 e. The molecule has 1 aromatic heterocycles. The third-order valence-corrected chi connectivity index (χ3v) is 3.75. The van der Waals surface area contributed by atoms with Crippen molar-refractivity contribution in [2.24, 2.45) is 0 Å². The van der Waals surface area contributed by atoms with Gasteiger partial charge in [-0.1, -0.05) is 0 Å². The molecule has 0 saturated heterocycles. The maximum Gasteiger partial charge on any atom is 0.512 e. The highest BCUT2D eigenvalue weighted by atomic mass is 32.2. The molecule has 0 saturated carbocycles. The second-order valence-electron chi connectivity index (χ2n) is 4.30. The van der Waals surface area contributed by atoms with Gasteiger partial charge in [-0.15, -0.1) is 0 Å². The molecule has 5 N–H and O–H groups in total. The Kier molecular flexibility index (Phi) is 3.69. The summed E-state index contributed by atoms with van der Waals surface area (Å²) in [5, 5.41) is 10.8. The Bertz CT molecular complexity index is 910. The van der Waals surface area contributed by atoms with Gasteiger partial charge in [-0.05, 0) is 24.6 Å². The highest BCUT2D eigenvalue weighted by Crippen LogP contribution is 2.25. The molecule has 0 fully saturated rings. The molecule has 0 spiro atoms. The normalized spacial score (nSPS) is 11.4. The number of hydrogen-bond donors (Lipinski definition) is 4. The van der Waals surface area contributed by atoms with Gasteiger partial charge in [0.25, 0.3) is 15.7 Å². The first-order valence-electron chi connectivity index (χ1n) is 5.70. The van der Waals surface area contributed by atoms with Gasteiger partial charge in [-0.25, -0.2) is 9.48 Å². The van der Waals surface area contributed by atoms with Gasteiger partial charge in [0, 0.05) is 5.69 Å². The Labute approximate surface area is 123 Å². The molecular formula is C11H11N3O7S. The first-order valence-corrected chi connectivity index (χ1v) is 7.14. The molecule has 0 bridgehead atoms. The van der Waals surface area contributed by atoms with Gasteiger partial charge in [0.15, 0.2) is 0 Å². The maximum absolute atomic E-state index is 11.9. The minimum absolute atomic E-state index is 0.0181. The summed E-state index contributed by atoms with van der Waals surface area (Å²) in [5.74, 6) is -0.354. The van der Waals surface area contributed by atoms with E-state index in [0.717, 1.165) is 16.8 Å². The molecule has 0 unspecified atom stereocenters. The first-order chi connectivity index (χ1) is 10.1. The number of aromatic nitrogens is 2. The minimum atomic E-state index is -4.55. The van der Waals surface area contributed by atoms with Gasteiger partial charge >= 0.3 is 6.16 Å². The van der Waals surface area contributed by atoms with E-state index in [9.17, 15) is 22.6 Å². The zero-order chi connectivity index (χ0) is 16.7. The van der Waals surface area contributed by atoms with Crippen LogP contribution in [0.15, 0.2) is 27.9 Å². The molecule has 22 heavy (non-hydrogen) atoms. The maximum atomic E-state index is 11.9. The lowest BCUT2D eigenvalue weighted by Crippen LogP contribution is -2.16. The van der Waals surface area contributed by atoms with E-state index in [1.54, 1.807) is 0 Å². The van der Waals surface area contributed by atoms with E-state index in [4.69, 9.17) is 10.8 Å². The number of hydrogen-bond acceptors (Lipinski definition) is 6. The zero-order valence-electron chi connectivity index (χ0n) is 11.1. The van der Waals surface area contributed by atoms with Crippen LogP contribution in [0.3, 0.4) is 0 Å². The van der Waals surface area contributed by atoms with Crippen molar-refractivity contribution in [1.29, 1.82) is 0 Å². The molecule has 118 valence electrons.